The molecule has 4 unspecified atom stereocenters. The maximum Gasteiger partial charge on any atom is 0.481 e. The number of ether oxygens (including phenoxy) is 2. The Morgan fingerprint density at radius 2 is 1.40 bits per heavy atom. The van der Waals surface area contributed by atoms with Crippen LogP contribution in [0, 0.1) is 0 Å². The van der Waals surface area contributed by atoms with E-state index in [1.54, 1.807) is 0 Å². The molecule has 0 aromatic carbocycles. The summed E-state index contributed by atoms with van der Waals surface area (Å²) in [5.74, 6) is 0. The van der Waals surface area contributed by atoms with Gasteiger partial charge in [-0.1, -0.05) is 12.2 Å². The fourth-order valence-corrected chi connectivity index (χ4v) is 6.71. The number of hydrogen-bond donors (Lipinski definition) is 6. The number of aliphatic imine (C=N–C) groups is 2. The number of aliphatic hydroxyl groups excluding tert-OH is 4. The molecule has 6 heterocycles. The standard InChI is InChI=1S/C15H22N4O13P2S/c20-8-5-1-28-33(24,25)32-34(26,27)29-2-6-9(21)11(23)14(31-6)19-4-17-12-7(15(19)35)16-3-18(12)13(30-5)10(8)22/h3-14,20-23H,1-2H2,(H,24,25)(H,26,27)/t5-,6-,7?,8-,9-,10-,11-,12?,13-,14-/m1/s1. The summed E-state index contributed by atoms with van der Waals surface area (Å²) in [6.45, 7) is -1.63. The van der Waals surface area contributed by atoms with Crippen LogP contribution in [0.25, 0.3) is 0 Å². The minimum Gasteiger partial charge on any atom is -0.387 e. The Bertz CT molecular complexity index is 1030. The fourth-order valence-electron chi connectivity index (χ4n) is 4.29. The van der Waals surface area contributed by atoms with Gasteiger partial charge in [-0.05, 0) is 0 Å². The Kier molecular flexibility index (Phi) is 6.69. The smallest absolute Gasteiger partial charge is 0.387 e. The molecule has 6 rings (SSSR count). The molecule has 8 bridgehead atoms. The van der Waals surface area contributed by atoms with E-state index in [-0.39, 0.29) is 4.99 Å². The normalized spacial score (nSPS) is 52.2. The van der Waals surface area contributed by atoms with Crippen LogP contribution in [-0.4, -0.2) is 132 Å². The third-order valence-electron chi connectivity index (χ3n) is 6.05. The molecule has 0 aromatic rings. The molecule has 20 heteroatoms. The van der Waals surface area contributed by atoms with Gasteiger partial charge < -0.3 is 44.6 Å². The van der Waals surface area contributed by atoms with E-state index < -0.39 is 90.1 Å². The molecule has 0 spiro atoms. The highest BCUT2D eigenvalue weighted by Gasteiger charge is 2.54. The van der Waals surface area contributed by atoms with Crippen molar-refractivity contribution < 1.29 is 62.2 Å². The van der Waals surface area contributed by atoms with Crippen molar-refractivity contribution in [2.45, 2.75) is 61.3 Å². The SMILES string of the molecule is O=P1(O)OC[C@H]2O[C@H]([C@H](O)[C@@H]2O)N2C=NC3C(N=CN3[C@@H]3O[C@H](COP(=O)(O)O1)[C@@H](O)[C@H]3O)C2=S. The van der Waals surface area contributed by atoms with Gasteiger partial charge in [0.15, 0.2) is 18.6 Å². The summed E-state index contributed by atoms with van der Waals surface area (Å²) in [7, 11) is -10.5. The van der Waals surface area contributed by atoms with Crippen LogP contribution in [-0.2, 0) is 32.0 Å². The highest BCUT2D eigenvalue weighted by molar-refractivity contribution is 7.80. The molecule has 6 N–H and O–H groups in total. The first-order chi connectivity index (χ1) is 16.4. The van der Waals surface area contributed by atoms with E-state index >= 15 is 0 Å². The molecule has 0 saturated carbocycles. The van der Waals surface area contributed by atoms with E-state index in [4.69, 9.17) is 21.7 Å². The van der Waals surface area contributed by atoms with E-state index in [1.807, 2.05) is 0 Å². The topological polar surface area (TPSA) is 233 Å². The van der Waals surface area contributed by atoms with E-state index in [1.165, 1.54) is 22.5 Å². The predicted octanol–water partition coefficient (Wildman–Crippen LogP) is -3.15. The summed E-state index contributed by atoms with van der Waals surface area (Å²) in [5, 5.41) is 41.7. The largest absolute Gasteiger partial charge is 0.481 e. The summed E-state index contributed by atoms with van der Waals surface area (Å²) >= 11 is 5.49. The first-order valence-corrected chi connectivity index (χ1v) is 13.6. The zero-order valence-electron chi connectivity index (χ0n) is 17.5. The molecule has 3 fully saturated rings. The van der Waals surface area contributed by atoms with Crippen LogP contribution < -0.4 is 0 Å². The van der Waals surface area contributed by atoms with Gasteiger partial charge in [-0.25, -0.2) is 14.1 Å². The van der Waals surface area contributed by atoms with Crippen molar-refractivity contribution in [2.75, 3.05) is 13.2 Å². The van der Waals surface area contributed by atoms with Crippen molar-refractivity contribution in [2.24, 2.45) is 9.98 Å². The second-order valence-corrected chi connectivity index (χ2v) is 11.7. The second kappa shape index (κ2) is 9.11. The van der Waals surface area contributed by atoms with Crippen molar-refractivity contribution >= 4 is 45.5 Å². The van der Waals surface area contributed by atoms with Gasteiger partial charge in [0.05, 0.1) is 25.9 Å². The zero-order chi connectivity index (χ0) is 25.3. The Morgan fingerprint density at radius 3 is 2.00 bits per heavy atom. The van der Waals surface area contributed by atoms with E-state index in [0.717, 1.165) is 0 Å². The van der Waals surface area contributed by atoms with Crippen LogP contribution in [0.15, 0.2) is 9.98 Å². The Hall–Kier alpha value is -0.950. The summed E-state index contributed by atoms with van der Waals surface area (Å²) < 4.78 is 49.1. The molecular formula is C15H22N4O13P2S. The summed E-state index contributed by atoms with van der Waals surface area (Å²) in [6, 6.07) is -0.788. The van der Waals surface area contributed by atoms with Gasteiger partial charge in [-0.15, -0.1) is 0 Å². The van der Waals surface area contributed by atoms with Crippen molar-refractivity contribution in [3.8, 4) is 0 Å². The molecule has 0 radical (unpaired) electrons. The summed E-state index contributed by atoms with van der Waals surface area (Å²) in [6.07, 6.45) is -9.69. The molecule has 0 aliphatic carbocycles. The number of nitrogens with zero attached hydrogens (tertiary/aromatic N) is 4. The lowest BCUT2D eigenvalue weighted by molar-refractivity contribution is -0.0797. The number of rotatable bonds is 0. The van der Waals surface area contributed by atoms with Gasteiger partial charge in [0.25, 0.3) is 0 Å². The Labute approximate surface area is 202 Å². The van der Waals surface area contributed by atoms with Crippen LogP contribution >= 0.6 is 27.9 Å². The quantitative estimate of drug-likeness (QED) is 0.127. The van der Waals surface area contributed by atoms with Gasteiger partial charge in [0, 0.05) is 0 Å². The monoisotopic (exact) mass is 560 g/mol. The molecule has 3 saturated heterocycles. The van der Waals surface area contributed by atoms with Gasteiger partial charge in [0.1, 0.15) is 47.7 Å². The van der Waals surface area contributed by atoms with Crippen LogP contribution in [0.2, 0.25) is 0 Å². The highest BCUT2D eigenvalue weighted by atomic mass is 32.1. The number of thiocarbonyl (C=S) groups is 1. The number of fused-ring (bicyclic) bond motifs is 6. The first kappa shape index (κ1) is 25.7. The van der Waals surface area contributed by atoms with Crippen molar-refractivity contribution in [3.63, 3.8) is 0 Å². The number of phosphoric ester groups is 2. The minimum atomic E-state index is -5.24. The molecule has 6 aliphatic heterocycles. The maximum absolute atomic E-state index is 12.2. The molecule has 0 amide bonds. The lowest BCUT2D eigenvalue weighted by Gasteiger charge is -2.38. The van der Waals surface area contributed by atoms with Gasteiger partial charge in [-0.3, -0.25) is 18.9 Å². The highest BCUT2D eigenvalue weighted by Crippen LogP contribution is 2.60. The Morgan fingerprint density at radius 1 is 0.857 bits per heavy atom. The lowest BCUT2D eigenvalue weighted by atomic mass is 10.1. The van der Waals surface area contributed by atoms with Gasteiger partial charge >= 0.3 is 15.6 Å². The van der Waals surface area contributed by atoms with Crippen LogP contribution in [0.5, 0.6) is 0 Å². The fraction of sp³-hybridized carbons (Fsp3) is 0.800. The average Bonchev–Trinajstić information content (AvgIpc) is 3.41. The number of hydrogen-bond acceptors (Lipinski definition) is 15. The average molecular weight is 560 g/mol. The molecule has 0 aromatic heterocycles. The summed E-state index contributed by atoms with van der Waals surface area (Å²) in [5.41, 5.74) is 0. The van der Waals surface area contributed by atoms with Crippen LogP contribution in [0.1, 0.15) is 0 Å². The van der Waals surface area contributed by atoms with Crippen molar-refractivity contribution in [1.29, 1.82) is 0 Å². The molecular weight excluding hydrogens is 538 g/mol. The van der Waals surface area contributed by atoms with Crippen LogP contribution in [0.3, 0.4) is 0 Å². The lowest BCUT2D eigenvalue weighted by Crippen LogP contribution is -2.57. The third kappa shape index (κ3) is 4.62. The molecule has 17 nitrogen and oxygen atoms in total. The molecule has 35 heavy (non-hydrogen) atoms. The van der Waals surface area contributed by atoms with E-state index in [9.17, 15) is 39.3 Å². The Balaban J connectivity index is 1.47. The second-order valence-electron chi connectivity index (χ2n) is 8.28. The molecule has 12 atom stereocenters. The predicted molar refractivity (Wildman–Crippen MR) is 115 cm³/mol. The van der Waals surface area contributed by atoms with Gasteiger partial charge in [0.2, 0.25) is 0 Å². The van der Waals surface area contributed by atoms with E-state index in [2.05, 4.69) is 23.3 Å². The number of phosphoric acid groups is 2. The zero-order valence-corrected chi connectivity index (χ0v) is 20.1. The number of aliphatic hydroxyl groups is 4. The van der Waals surface area contributed by atoms with E-state index in [0.29, 0.717) is 0 Å². The van der Waals surface area contributed by atoms with Gasteiger partial charge in [-0.2, -0.15) is 4.31 Å². The minimum absolute atomic E-state index is 0.146. The van der Waals surface area contributed by atoms with Crippen molar-refractivity contribution in [1.82, 2.24) is 9.80 Å². The molecule has 196 valence electrons. The summed E-state index contributed by atoms with van der Waals surface area (Å²) in [4.78, 5) is 31.1. The molecule has 6 aliphatic rings. The maximum atomic E-state index is 12.2. The van der Waals surface area contributed by atoms with Crippen LogP contribution in [0.4, 0.5) is 0 Å². The third-order valence-corrected chi connectivity index (χ3v) is 9.11. The first-order valence-electron chi connectivity index (χ1n) is 10.2. The van der Waals surface area contributed by atoms with Crippen molar-refractivity contribution in [3.05, 3.63) is 0 Å².